The molecule has 0 N–H and O–H groups in total. The van der Waals surface area contributed by atoms with Crippen molar-refractivity contribution in [3.05, 3.63) is 48.3 Å². The molecule has 0 aliphatic carbocycles. The molecule has 3 heterocycles. The first kappa shape index (κ1) is 19.1. The van der Waals surface area contributed by atoms with E-state index >= 15 is 0 Å². The van der Waals surface area contributed by atoms with Crippen LogP contribution in [0.5, 0.6) is 0 Å². The molecule has 2 aromatic heterocycles. The van der Waals surface area contributed by atoms with Crippen LogP contribution in [0.2, 0.25) is 0 Å². The van der Waals surface area contributed by atoms with E-state index in [0.29, 0.717) is 6.54 Å². The van der Waals surface area contributed by atoms with Crippen molar-refractivity contribution < 1.29 is 9.59 Å². The number of rotatable bonds is 6. The van der Waals surface area contributed by atoms with Crippen molar-refractivity contribution in [2.24, 2.45) is 0 Å². The van der Waals surface area contributed by atoms with Crippen molar-refractivity contribution >= 4 is 11.8 Å². The van der Waals surface area contributed by atoms with Crippen molar-refractivity contribution in [3.63, 3.8) is 0 Å². The van der Waals surface area contributed by atoms with E-state index in [0.717, 1.165) is 31.8 Å². The van der Waals surface area contributed by atoms with Crippen LogP contribution in [-0.4, -0.2) is 63.3 Å². The van der Waals surface area contributed by atoms with Crippen LogP contribution < -0.4 is 0 Å². The van der Waals surface area contributed by atoms with Gasteiger partial charge in [-0.2, -0.15) is 0 Å². The van der Waals surface area contributed by atoms with Crippen LogP contribution in [0.3, 0.4) is 0 Å². The normalized spacial score (nSPS) is 17.0. The van der Waals surface area contributed by atoms with Gasteiger partial charge in [-0.15, -0.1) is 0 Å². The molecule has 1 atom stereocenters. The largest absolute Gasteiger partial charge is 0.349 e. The molecule has 27 heavy (non-hydrogen) atoms. The van der Waals surface area contributed by atoms with Gasteiger partial charge in [0.1, 0.15) is 5.82 Å². The zero-order chi connectivity index (χ0) is 19.2. The number of nitrogens with zero attached hydrogens (tertiary/aromatic N) is 5. The molecule has 1 aliphatic rings. The van der Waals surface area contributed by atoms with Gasteiger partial charge in [0.15, 0.2) is 0 Å². The Morgan fingerprint density at radius 2 is 1.96 bits per heavy atom. The molecule has 0 spiro atoms. The van der Waals surface area contributed by atoms with Gasteiger partial charge in [0.05, 0.1) is 0 Å². The topological polar surface area (TPSA) is 71.3 Å². The fraction of sp³-hybridized carbons (Fsp3) is 0.500. The van der Waals surface area contributed by atoms with Gasteiger partial charge in [-0.1, -0.05) is 0 Å². The monoisotopic (exact) mass is 369 g/mol. The summed E-state index contributed by atoms with van der Waals surface area (Å²) in [6, 6.07) is 4.00. The zero-order valence-corrected chi connectivity index (χ0v) is 16.0. The first-order valence-electron chi connectivity index (χ1n) is 9.42. The number of imidazole rings is 1. The molecule has 7 nitrogen and oxygen atoms in total. The highest BCUT2D eigenvalue weighted by Crippen LogP contribution is 2.26. The maximum absolute atomic E-state index is 12.5. The number of hydrogen-bond acceptors (Lipinski definition) is 4. The third-order valence-corrected chi connectivity index (χ3v) is 5.04. The second-order valence-electron chi connectivity index (χ2n) is 7.24. The Balaban J connectivity index is 1.62. The summed E-state index contributed by atoms with van der Waals surface area (Å²) in [6.45, 7) is 2.18. The Morgan fingerprint density at radius 3 is 2.70 bits per heavy atom. The Labute approximate surface area is 160 Å². The molecule has 1 unspecified atom stereocenters. The molecule has 2 amide bonds. The van der Waals surface area contributed by atoms with Crippen LogP contribution in [0.15, 0.2) is 36.9 Å². The molecule has 0 bridgehead atoms. The summed E-state index contributed by atoms with van der Waals surface area (Å²) in [4.78, 5) is 36.3. The zero-order valence-electron chi connectivity index (χ0n) is 16.0. The van der Waals surface area contributed by atoms with E-state index in [1.165, 1.54) is 10.5 Å². The standard InChI is InChI=1S/C20H27N5O2/c1-23(2)18(26)5-6-19(27)24-12-3-4-17(15-24)20-22-11-13-25(20)14-16-7-9-21-10-8-16/h7-11,13,17H,3-6,12,14-15H2,1-2H3. The Morgan fingerprint density at radius 1 is 1.19 bits per heavy atom. The Hall–Kier alpha value is -2.70. The van der Waals surface area contributed by atoms with Crippen molar-refractivity contribution in [1.29, 1.82) is 0 Å². The number of piperidine rings is 1. The highest BCUT2D eigenvalue weighted by atomic mass is 16.2. The minimum absolute atomic E-state index is 0.00944. The number of aromatic nitrogens is 3. The van der Waals surface area contributed by atoms with Crippen LogP contribution in [0.1, 0.15) is 43.0 Å². The van der Waals surface area contributed by atoms with E-state index in [9.17, 15) is 9.59 Å². The average Bonchev–Trinajstić information content (AvgIpc) is 3.14. The summed E-state index contributed by atoms with van der Waals surface area (Å²) in [7, 11) is 3.43. The minimum Gasteiger partial charge on any atom is -0.349 e. The van der Waals surface area contributed by atoms with Crippen molar-refractivity contribution in [3.8, 4) is 0 Å². The molecule has 144 valence electrons. The maximum atomic E-state index is 12.5. The van der Waals surface area contributed by atoms with Gasteiger partial charge < -0.3 is 14.4 Å². The quantitative estimate of drug-likeness (QED) is 0.780. The molecule has 1 saturated heterocycles. The number of likely N-dealkylation sites (tertiary alicyclic amines) is 1. The first-order chi connectivity index (χ1) is 13.0. The average molecular weight is 369 g/mol. The van der Waals surface area contributed by atoms with Crippen LogP contribution in [-0.2, 0) is 16.1 Å². The number of carbonyl (C=O) groups excluding carboxylic acids is 2. The number of hydrogen-bond donors (Lipinski definition) is 0. The van der Waals surface area contributed by atoms with Crippen LogP contribution in [0.4, 0.5) is 0 Å². The molecule has 3 rings (SSSR count). The number of amides is 2. The van der Waals surface area contributed by atoms with Gasteiger partial charge >= 0.3 is 0 Å². The molecule has 7 heteroatoms. The van der Waals surface area contributed by atoms with Crippen molar-refractivity contribution in [1.82, 2.24) is 24.3 Å². The summed E-state index contributed by atoms with van der Waals surface area (Å²) in [5.74, 6) is 1.30. The molecule has 1 aliphatic heterocycles. The van der Waals surface area contributed by atoms with E-state index in [-0.39, 0.29) is 30.6 Å². The van der Waals surface area contributed by atoms with Gasteiger partial charge in [-0.25, -0.2) is 4.98 Å². The molecular formula is C20H27N5O2. The fourth-order valence-electron chi connectivity index (χ4n) is 3.51. The highest BCUT2D eigenvalue weighted by Gasteiger charge is 2.27. The molecule has 0 aromatic carbocycles. The number of carbonyl (C=O) groups is 2. The molecule has 1 fully saturated rings. The number of pyridine rings is 1. The third kappa shape index (κ3) is 4.93. The van der Waals surface area contributed by atoms with Crippen LogP contribution in [0.25, 0.3) is 0 Å². The molecule has 0 radical (unpaired) electrons. The third-order valence-electron chi connectivity index (χ3n) is 5.04. The lowest BCUT2D eigenvalue weighted by Crippen LogP contribution is -2.40. The van der Waals surface area contributed by atoms with Gasteiger partial charge in [-0.05, 0) is 30.5 Å². The predicted octanol–water partition coefficient (Wildman–Crippen LogP) is 1.90. The summed E-state index contributed by atoms with van der Waals surface area (Å²) >= 11 is 0. The molecule has 0 saturated carbocycles. The van der Waals surface area contributed by atoms with Crippen molar-refractivity contribution in [2.75, 3.05) is 27.2 Å². The second kappa shape index (κ2) is 8.79. The highest BCUT2D eigenvalue weighted by molar-refractivity contribution is 5.83. The molecule has 2 aromatic rings. The van der Waals surface area contributed by atoms with Gasteiger partial charge in [0, 0.05) is 77.3 Å². The van der Waals surface area contributed by atoms with E-state index in [2.05, 4.69) is 14.5 Å². The van der Waals surface area contributed by atoms with E-state index in [1.54, 1.807) is 26.5 Å². The van der Waals surface area contributed by atoms with Crippen LogP contribution >= 0.6 is 0 Å². The lowest BCUT2D eigenvalue weighted by atomic mass is 9.96. The van der Waals surface area contributed by atoms with Crippen molar-refractivity contribution in [2.45, 2.75) is 38.1 Å². The minimum atomic E-state index is -0.00944. The van der Waals surface area contributed by atoms with E-state index < -0.39 is 0 Å². The lowest BCUT2D eigenvalue weighted by Gasteiger charge is -2.33. The Bertz CT molecular complexity index is 772. The second-order valence-corrected chi connectivity index (χ2v) is 7.24. The Kier molecular flexibility index (Phi) is 6.21. The van der Waals surface area contributed by atoms with Gasteiger partial charge in [0.25, 0.3) is 0 Å². The lowest BCUT2D eigenvalue weighted by molar-refractivity contribution is -0.136. The molecular weight excluding hydrogens is 342 g/mol. The SMILES string of the molecule is CN(C)C(=O)CCC(=O)N1CCCC(c2nccn2Cc2ccncc2)C1. The van der Waals surface area contributed by atoms with E-state index in [4.69, 9.17) is 0 Å². The van der Waals surface area contributed by atoms with E-state index in [1.807, 2.05) is 29.4 Å². The first-order valence-corrected chi connectivity index (χ1v) is 9.42. The van der Waals surface area contributed by atoms with Gasteiger partial charge in [-0.3, -0.25) is 14.6 Å². The fourth-order valence-corrected chi connectivity index (χ4v) is 3.51. The van der Waals surface area contributed by atoms with Gasteiger partial charge in [0.2, 0.25) is 11.8 Å². The summed E-state index contributed by atoms with van der Waals surface area (Å²) in [6.07, 6.45) is 9.93. The van der Waals surface area contributed by atoms with Crippen LogP contribution in [0, 0.1) is 0 Å². The summed E-state index contributed by atoms with van der Waals surface area (Å²) in [5.41, 5.74) is 1.18. The smallest absolute Gasteiger partial charge is 0.223 e. The maximum Gasteiger partial charge on any atom is 0.223 e. The summed E-state index contributed by atoms with van der Waals surface area (Å²) in [5, 5.41) is 0. The predicted molar refractivity (Wildman–Crippen MR) is 102 cm³/mol. The summed E-state index contributed by atoms with van der Waals surface area (Å²) < 4.78 is 2.16.